The van der Waals surface area contributed by atoms with Crippen LogP contribution in [0.15, 0.2) is 0 Å². The lowest BCUT2D eigenvalue weighted by atomic mass is 10.1. The molecule has 1 N–H and O–H groups in total. The summed E-state index contributed by atoms with van der Waals surface area (Å²) >= 11 is 0. The van der Waals surface area contributed by atoms with Crippen molar-refractivity contribution < 1.29 is 13.5 Å². The molecule has 0 aromatic heterocycles. The van der Waals surface area contributed by atoms with Crippen molar-refractivity contribution in [3.05, 3.63) is 0 Å². The molecule has 1 unspecified atom stereocenters. The molecule has 0 radical (unpaired) electrons. The topological polar surface area (TPSA) is 21.3 Å². The fourth-order valence-electron chi connectivity index (χ4n) is 1.28. The third-order valence-electron chi connectivity index (χ3n) is 1.98. The molecule has 74 valence electrons. The molecule has 13 heavy (non-hydrogen) atoms. The van der Waals surface area contributed by atoms with E-state index in [1.165, 1.54) is 0 Å². The van der Waals surface area contributed by atoms with Crippen LogP contribution in [0.5, 0.6) is 0 Å². The van der Waals surface area contributed by atoms with Crippen molar-refractivity contribution in [1.82, 2.24) is 5.32 Å². The normalized spacial score (nSPS) is 26.7. The largest absolute Gasteiger partial charge is 0.371 e. The quantitative estimate of drug-likeness (QED) is 0.528. The predicted octanol–water partition coefficient (Wildman–Crippen LogP) is 1.02. The summed E-state index contributed by atoms with van der Waals surface area (Å²) in [6.07, 6.45) is 4.75. The molecule has 1 aliphatic rings. The third-order valence-corrected chi connectivity index (χ3v) is 1.98. The lowest BCUT2D eigenvalue weighted by Gasteiger charge is -2.31. The molecule has 0 amide bonds. The Balaban J connectivity index is 2.34. The van der Waals surface area contributed by atoms with Crippen molar-refractivity contribution in [3.63, 3.8) is 0 Å². The second-order valence-corrected chi connectivity index (χ2v) is 3.04. The van der Waals surface area contributed by atoms with E-state index >= 15 is 0 Å². The molecule has 0 aliphatic carbocycles. The van der Waals surface area contributed by atoms with Crippen molar-refractivity contribution in [3.8, 4) is 12.3 Å². The summed E-state index contributed by atoms with van der Waals surface area (Å²) in [6.45, 7) is 0.501. The van der Waals surface area contributed by atoms with Crippen LogP contribution in [-0.2, 0) is 4.74 Å². The van der Waals surface area contributed by atoms with Crippen LogP contribution >= 0.6 is 0 Å². The smallest absolute Gasteiger partial charge is 0.285 e. The Kier molecular flexibility index (Phi) is 3.64. The number of alkyl halides is 2. The van der Waals surface area contributed by atoms with Crippen molar-refractivity contribution in [2.75, 3.05) is 19.7 Å². The molecular weight excluding hydrogens is 176 g/mol. The number of rotatable bonds is 3. The van der Waals surface area contributed by atoms with E-state index in [0.29, 0.717) is 19.4 Å². The molecule has 0 aromatic carbocycles. The molecular formula is C9H13F2NO. The highest BCUT2D eigenvalue weighted by Gasteiger charge is 2.42. The number of hydrogen-bond acceptors (Lipinski definition) is 2. The van der Waals surface area contributed by atoms with E-state index in [0.717, 1.165) is 0 Å². The molecule has 0 aromatic rings. The van der Waals surface area contributed by atoms with E-state index in [2.05, 4.69) is 11.2 Å². The highest BCUT2D eigenvalue weighted by atomic mass is 19.3. The number of ether oxygens (including phenoxy) is 1. The van der Waals surface area contributed by atoms with Crippen molar-refractivity contribution >= 4 is 0 Å². The lowest BCUT2D eigenvalue weighted by molar-refractivity contribution is -0.147. The first-order valence-electron chi connectivity index (χ1n) is 4.30. The average molecular weight is 189 g/mol. The second kappa shape index (κ2) is 4.54. The van der Waals surface area contributed by atoms with E-state index in [1.807, 2.05) is 0 Å². The molecule has 0 saturated carbocycles. The molecule has 1 atom stereocenters. The monoisotopic (exact) mass is 189 g/mol. The van der Waals surface area contributed by atoms with Gasteiger partial charge >= 0.3 is 0 Å². The van der Waals surface area contributed by atoms with Crippen LogP contribution in [0.25, 0.3) is 0 Å². The summed E-state index contributed by atoms with van der Waals surface area (Å²) in [5.41, 5.74) is 0. The van der Waals surface area contributed by atoms with Crippen molar-refractivity contribution in [2.45, 2.75) is 24.9 Å². The fraction of sp³-hybridized carbons (Fsp3) is 0.778. The molecule has 4 heteroatoms. The Bertz CT molecular complexity index is 200. The number of nitrogens with one attached hydrogen (secondary N) is 1. The standard InChI is InChI=1S/C9H13F2NO/c1-2-3-6-13-8-4-5-12-7-9(8,10)11/h1,8,12H,3-7H2. The predicted molar refractivity (Wildman–Crippen MR) is 45.6 cm³/mol. The maximum atomic E-state index is 13.1. The Labute approximate surface area is 76.6 Å². The zero-order valence-corrected chi connectivity index (χ0v) is 7.35. The van der Waals surface area contributed by atoms with E-state index in [4.69, 9.17) is 11.2 Å². The molecule has 0 spiro atoms. The van der Waals surface area contributed by atoms with E-state index in [9.17, 15) is 8.78 Å². The minimum absolute atomic E-state index is 0.219. The Hall–Kier alpha value is -0.660. The van der Waals surface area contributed by atoms with Gasteiger partial charge < -0.3 is 10.1 Å². The van der Waals surface area contributed by atoms with Gasteiger partial charge in [-0.05, 0) is 13.0 Å². The lowest BCUT2D eigenvalue weighted by Crippen LogP contribution is -2.50. The van der Waals surface area contributed by atoms with Crippen molar-refractivity contribution in [2.24, 2.45) is 0 Å². The van der Waals surface area contributed by atoms with Crippen LogP contribution in [0.1, 0.15) is 12.8 Å². The van der Waals surface area contributed by atoms with E-state index in [-0.39, 0.29) is 13.2 Å². The number of hydrogen-bond donors (Lipinski definition) is 1. The van der Waals surface area contributed by atoms with Crippen molar-refractivity contribution in [1.29, 1.82) is 0 Å². The summed E-state index contributed by atoms with van der Waals surface area (Å²) in [4.78, 5) is 0. The van der Waals surface area contributed by atoms with Gasteiger partial charge in [-0.1, -0.05) is 0 Å². The average Bonchev–Trinajstić information content (AvgIpc) is 2.08. The van der Waals surface area contributed by atoms with Gasteiger partial charge in [0, 0.05) is 6.42 Å². The summed E-state index contributed by atoms with van der Waals surface area (Å²) in [5, 5.41) is 2.63. The van der Waals surface area contributed by atoms with Crippen LogP contribution in [0.2, 0.25) is 0 Å². The molecule has 2 nitrogen and oxygen atoms in total. The van der Waals surface area contributed by atoms with Gasteiger partial charge in [0.05, 0.1) is 13.2 Å². The van der Waals surface area contributed by atoms with E-state index in [1.54, 1.807) is 0 Å². The summed E-state index contributed by atoms with van der Waals surface area (Å²) in [5.74, 6) is -0.408. The van der Waals surface area contributed by atoms with Gasteiger partial charge in [-0.2, -0.15) is 0 Å². The maximum Gasteiger partial charge on any atom is 0.285 e. The highest BCUT2D eigenvalue weighted by molar-refractivity contribution is 4.87. The van der Waals surface area contributed by atoms with Gasteiger partial charge in [0.25, 0.3) is 5.92 Å². The van der Waals surface area contributed by atoms with E-state index < -0.39 is 12.0 Å². The minimum atomic E-state index is -2.76. The van der Waals surface area contributed by atoms with Crippen LogP contribution in [0, 0.1) is 12.3 Å². The Morgan fingerprint density at radius 1 is 1.62 bits per heavy atom. The summed E-state index contributed by atoms with van der Waals surface area (Å²) in [6, 6.07) is 0. The summed E-state index contributed by atoms with van der Waals surface area (Å²) < 4.78 is 31.1. The molecule has 1 heterocycles. The zero-order valence-electron chi connectivity index (χ0n) is 7.35. The van der Waals surface area contributed by atoms with Gasteiger partial charge in [0.15, 0.2) is 0 Å². The zero-order chi connectivity index (χ0) is 9.73. The van der Waals surface area contributed by atoms with Gasteiger partial charge in [-0.3, -0.25) is 0 Å². The number of halogens is 2. The first-order valence-corrected chi connectivity index (χ1v) is 4.30. The minimum Gasteiger partial charge on any atom is -0.371 e. The Morgan fingerprint density at radius 2 is 2.38 bits per heavy atom. The van der Waals surface area contributed by atoms with Crippen LogP contribution in [0.3, 0.4) is 0 Å². The van der Waals surface area contributed by atoms with Gasteiger partial charge in [-0.15, -0.1) is 12.3 Å². The second-order valence-electron chi connectivity index (χ2n) is 3.04. The highest BCUT2D eigenvalue weighted by Crippen LogP contribution is 2.25. The number of piperidine rings is 1. The number of terminal acetylenes is 1. The van der Waals surface area contributed by atoms with Crippen LogP contribution in [-0.4, -0.2) is 31.7 Å². The summed E-state index contributed by atoms with van der Waals surface area (Å²) in [7, 11) is 0. The molecule has 1 fully saturated rings. The van der Waals surface area contributed by atoms with Gasteiger partial charge in [0.2, 0.25) is 0 Å². The maximum absolute atomic E-state index is 13.1. The third kappa shape index (κ3) is 2.94. The molecule has 1 rings (SSSR count). The first-order chi connectivity index (χ1) is 6.17. The first kappa shape index (κ1) is 10.4. The van der Waals surface area contributed by atoms with Crippen LogP contribution < -0.4 is 5.32 Å². The molecule has 1 aliphatic heterocycles. The van der Waals surface area contributed by atoms with Crippen LogP contribution in [0.4, 0.5) is 8.78 Å². The molecule has 0 bridgehead atoms. The Morgan fingerprint density at radius 3 is 3.00 bits per heavy atom. The fourth-order valence-corrected chi connectivity index (χ4v) is 1.28. The van der Waals surface area contributed by atoms with Gasteiger partial charge in [-0.25, -0.2) is 8.78 Å². The SMILES string of the molecule is C#CCCOC1CCNCC1(F)F. The molecule has 1 saturated heterocycles. The van der Waals surface area contributed by atoms with Gasteiger partial charge in [0.1, 0.15) is 6.10 Å².